The van der Waals surface area contributed by atoms with Crippen LogP contribution in [0.25, 0.3) is 10.4 Å². The van der Waals surface area contributed by atoms with E-state index < -0.39 is 23.1 Å². The zero-order valence-corrected chi connectivity index (χ0v) is 22.7. The van der Waals surface area contributed by atoms with Crippen molar-refractivity contribution in [1.29, 1.82) is 0 Å². The number of hydrogen-bond donors (Lipinski definition) is 3. The van der Waals surface area contributed by atoms with Crippen molar-refractivity contribution in [3.8, 4) is 16.2 Å². The molecule has 1 fully saturated rings. The monoisotopic (exact) mass is 584 g/mol. The molecule has 0 aliphatic heterocycles. The molecular weight excluding hydrogens is 557 g/mol. The zero-order chi connectivity index (χ0) is 28.6. The van der Waals surface area contributed by atoms with Crippen LogP contribution in [0.15, 0.2) is 47.6 Å². The number of hydrogen-bond acceptors (Lipinski definition) is 7. The Labute approximate surface area is 229 Å². The number of carbonyl (C=O) groups excluding carboxylic acids is 1. The summed E-state index contributed by atoms with van der Waals surface area (Å²) in [6, 6.07) is 9.34. The molecule has 1 amide bonds. The van der Waals surface area contributed by atoms with Crippen LogP contribution in [0.4, 0.5) is 18.3 Å². The number of carboxylic acid groups (broad SMARTS) is 1. The van der Waals surface area contributed by atoms with E-state index >= 15 is 0 Å². The summed E-state index contributed by atoms with van der Waals surface area (Å²) in [5.41, 5.74) is 2.70. The Morgan fingerprint density at radius 2 is 1.82 bits per heavy atom. The molecule has 3 N–H and O–H groups in total. The summed E-state index contributed by atoms with van der Waals surface area (Å²) in [6.07, 6.45) is 2.45. The van der Waals surface area contributed by atoms with E-state index in [4.69, 9.17) is 14.6 Å². The Morgan fingerprint density at radius 1 is 1.18 bits per heavy atom. The van der Waals surface area contributed by atoms with E-state index in [1.54, 1.807) is 19.5 Å². The number of aromatic nitrogens is 2. The Morgan fingerprint density at radius 3 is 2.41 bits per heavy atom. The smallest absolute Gasteiger partial charge is 0.490 e. The summed E-state index contributed by atoms with van der Waals surface area (Å²) >= 11 is 1.43. The Bertz CT molecular complexity index is 1310. The fourth-order valence-electron chi connectivity index (χ4n) is 3.80. The topological polar surface area (TPSA) is 131 Å². The predicted molar refractivity (Wildman–Crippen MR) is 141 cm³/mol. The second-order valence-corrected chi connectivity index (χ2v) is 10.8. The lowest BCUT2D eigenvalue weighted by atomic mass is 10.1. The second kappa shape index (κ2) is 13.6. The molecule has 9 nitrogen and oxygen atoms in total. The van der Waals surface area contributed by atoms with Crippen LogP contribution in [0.3, 0.4) is 0 Å². The van der Waals surface area contributed by atoms with Gasteiger partial charge in [0, 0.05) is 24.9 Å². The Kier molecular flexibility index (Phi) is 10.5. The zero-order valence-electron chi connectivity index (χ0n) is 21.1. The average Bonchev–Trinajstić information content (AvgIpc) is 3.57. The van der Waals surface area contributed by atoms with E-state index in [9.17, 15) is 22.2 Å². The summed E-state index contributed by atoms with van der Waals surface area (Å²) in [4.78, 5) is 31.4. The number of thiazole rings is 1. The number of halogens is 3. The van der Waals surface area contributed by atoms with Gasteiger partial charge in [-0.3, -0.25) is 9.78 Å². The molecule has 1 aromatic carbocycles. The summed E-state index contributed by atoms with van der Waals surface area (Å²) in [6.45, 7) is 2.36. The number of ether oxygens (including phenoxy) is 1. The van der Waals surface area contributed by atoms with E-state index in [0.29, 0.717) is 22.3 Å². The van der Waals surface area contributed by atoms with E-state index in [2.05, 4.69) is 20.0 Å². The molecule has 1 unspecified atom stereocenters. The van der Waals surface area contributed by atoms with Gasteiger partial charge in [0.2, 0.25) is 5.91 Å². The molecular formula is C25H27F3N4O5S2. The van der Waals surface area contributed by atoms with Gasteiger partial charge < -0.3 is 15.2 Å². The first-order valence-electron chi connectivity index (χ1n) is 11.8. The molecule has 2 heterocycles. The van der Waals surface area contributed by atoms with Crippen molar-refractivity contribution in [2.24, 2.45) is 5.92 Å². The molecule has 14 heteroatoms. The van der Waals surface area contributed by atoms with Crippen LogP contribution >= 0.6 is 11.3 Å². The van der Waals surface area contributed by atoms with Gasteiger partial charge in [-0.1, -0.05) is 24.2 Å². The maximum Gasteiger partial charge on any atom is 0.490 e. The van der Waals surface area contributed by atoms with E-state index in [0.717, 1.165) is 47.4 Å². The van der Waals surface area contributed by atoms with E-state index in [1.807, 2.05) is 37.3 Å². The van der Waals surface area contributed by atoms with Crippen molar-refractivity contribution in [1.82, 2.24) is 14.7 Å². The van der Waals surface area contributed by atoms with Gasteiger partial charge >= 0.3 is 12.1 Å². The predicted octanol–water partition coefficient (Wildman–Crippen LogP) is 5.10. The van der Waals surface area contributed by atoms with Crippen molar-refractivity contribution >= 4 is 39.3 Å². The number of aliphatic carboxylic acids is 1. The molecule has 0 radical (unpaired) electrons. The highest BCUT2D eigenvalue weighted by Crippen LogP contribution is 2.36. The van der Waals surface area contributed by atoms with Gasteiger partial charge in [0.1, 0.15) is 16.7 Å². The number of amides is 1. The van der Waals surface area contributed by atoms with Crippen LogP contribution in [0.5, 0.6) is 5.75 Å². The molecule has 2 aromatic heterocycles. The highest BCUT2D eigenvalue weighted by molar-refractivity contribution is 7.83. The molecule has 1 aliphatic rings. The van der Waals surface area contributed by atoms with Gasteiger partial charge in [0.15, 0.2) is 5.13 Å². The standard InChI is InChI=1S/C23H26N4O3S2.C2HF3O2/c1-15-21(31-23(26-15)27-22(28)17-5-3-4-6-17)18-7-8-19(30-2)20(13-18)32(29)25-14-16-9-11-24-12-10-16;3-2(4,5)1(6)7/h7-13,17,25H,3-6,14H2,1-2H3,(H,26,27,28);(H,6,7). The fourth-order valence-corrected chi connectivity index (χ4v) is 5.79. The summed E-state index contributed by atoms with van der Waals surface area (Å²) in [7, 11) is 0.0917. The third kappa shape index (κ3) is 8.57. The number of carbonyl (C=O) groups is 2. The first-order chi connectivity index (χ1) is 18.5. The molecule has 3 aromatic rings. The average molecular weight is 585 g/mol. The van der Waals surface area contributed by atoms with E-state index in [1.165, 1.54) is 11.3 Å². The highest BCUT2D eigenvalue weighted by Gasteiger charge is 2.38. The molecule has 0 saturated heterocycles. The van der Waals surface area contributed by atoms with Gasteiger partial charge in [0.25, 0.3) is 0 Å². The maximum atomic E-state index is 13.0. The molecule has 1 atom stereocenters. The van der Waals surface area contributed by atoms with Crippen LogP contribution in [0, 0.1) is 12.8 Å². The largest absolute Gasteiger partial charge is 0.495 e. The summed E-state index contributed by atoms with van der Waals surface area (Å²) < 4.78 is 53.2. The molecule has 0 spiro atoms. The Balaban J connectivity index is 0.000000532. The normalized spacial score (nSPS) is 14.3. The summed E-state index contributed by atoms with van der Waals surface area (Å²) in [5.74, 6) is -2.07. The third-order valence-electron chi connectivity index (χ3n) is 5.78. The van der Waals surface area contributed by atoms with Crippen LogP contribution in [-0.2, 0) is 27.1 Å². The minimum atomic E-state index is -5.08. The number of alkyl halides is 3. The third-order valence-corrected chi connectivity index (χ3v) is 8.02. The van der Waals surface area contributed by atoms with Crippen LogP contribution in [0.1, 0.15) is 36.9 Å². The number of anilines is 1. The number of methoxy groups -OCH3 is 1. The number of aryl methyl sites for hydroxylation is 1. The number of benzene rings is 1. The lowest BCUT2D eigenvalue weighted by Crippen LogP contribution is -2.21. The fraction of sp³-hybridized carbons (Fsp3) is 0.360. The van der Waals surface area contributed by atoms with Crippen molar-refractivity contribution < 1.29 is 36.8 Å². The number of carboxylic acids is 1. The van der Waals surface area contributed by atoms with Gasteiger partial charge in [-0.05, 0) is 61.2 Å². The van der Waals surface area contributed by atoms with Gasteiger partial charge in [-0.25, -0.2) is 18.7 Å². The highest BCUT2D eigenvalue weighted by atomic mass is 32.2. The quantitative estimate of drug-likeness (QED) is 0.336. The first-order valence-corrected chi connectivity index (χ1v) is 13.8. The molecule has 39 heavy (non-hydrogen) atoms. The van der Waals surface area contributed by atoms with E-state index in [-0.39, 0.29) is 11.8 Å². The minimum Gasteiger partial charge on any atom is -0.495 e. The SMILES string of the molecule is COc1ccc(-c2sc(NC(=O)C3CCCC3)nc2C)cc1S(=O)NCc1ccncc1.O=C(O)C(F)(F)F. The maximum absolute atomic E-state index is 13.0. The number of nitrogens with zero attached hydrogens (tertiary/aromatic N) is 2. The lowest BCUT2D eigenvalue weighted by Gasteiger charge is -2.11. The molecule has 4 rings (SSSR count). The van der Waals surface area contributed by atoms with Crippen molar-refractivity contribution in [3.63, 3.8) is 0 Å². The number of rotatable bonds is 8. The van der Waals surface area contributed by atoms with Gasteiger partial charge in [-0.15, -0.1) is 0 Å². The summed E-state index contributed by atoms with van der Waals surface area (Å²) in [5, 5.41) is 10.7. The minimum absolute atomic E-state index is 0.0552. The van der Waals surface area contributed by atoms with Crippen molar-refractivity contribution in [3.05, 3.63) is 54.0 Å². The van der Waals surface area contributed by atoms with Crippen LogP contribution in [0.2, 0.25) is 0 Å². The van der Waals surface area contributed by atoms with Crippen LogP contribution in [-0.4, -0.2) is 44.4 Å². The molecule has 1 aliphatic carbocycles. The number of nitrogens with one attached hydrogen (secondary N) is 2. The first kappa shape index (κ1) is 30.2. The van der Waals surface area contributed by atoms with Gasteiger partial charge in [0.05, 0.1) is 22.6 Å². The van der Waals surface area contributed by atoms with Crippen LogP contribution < -0.4 is 14.8 Å². The molecule has 210 valence electrons. The molecule has 1 saturated carbocycles. The number of pyridine rings is 1. The van der Waals surface area contributed by atoms with Crippen molar-refractivity contribution in [2.45, 2.75) is 50.2 Å². The second-order valence-electron chi connectivity index (χ2n) is 8.52. The Hall–Kier alpha value is -3.36. The molecule has 0 bridgehead atoms. The van der Waals surface area contributed by atoms with Gasteiger partial charge in [-0.2, -0.15) is 13.2 Å². The lowest BCUT2D eigenvalue weighted by molar-refractivity contribution is -0.192. The van der Waals surface area contributed by atoms with Crippen molar-refractivity contribution in [2.75, 3.05) is 12.4 Å².